The Bertz CT molecular complexity index is 415. The number of nitrogens with one attached hydrogen (secondary N) is 1. The summed E-state index contributed by atoms with van der Waals surface area (Å²) < 4.78 is 4.96. The molecule has 0 aliphatic rings. The molecule has 0 aromatic carbocycles. The second-order valence-corrected chi connectivity index (χ2v) is 5.11. The lowest BCUT2D eigenvalue weighted by Gasteiger charge is -2.22. The number of rotatable bonds is 10. The van der Waals surface area contributed by atoms with Gasteiger partial charge in [0.1, 0.15) is 6.26 Å². The van der Waals surface area contributed by atoms with Gasteiger partial charge in [0.2, 0.25) is 5.91 Å². The van der Waals surface area contributed by atoms with E-state index in [-0.39, 0.29) is 11.8 Å². The summed E-state index contributed by atoms with van der Waals surface area (Å²) in [6.07, 6.45) is 7.34. The van der Waals surface area contributed by atoms with Gasteiger partial charge in [0, 0.05) is 26.1 Å². The van der Waals surface area contributed by atoms with Crippen molar-refractivity contribution in [3.05, 3.63) is 24.2 Å². The maximum Gasteiger partial charge on any atom is 0.257 e. The summed E-state index contributed by atoms with van der Waals surface area (Å²) in [6, 6.07) is 1.66. The van der Waals surface area contributed by atoms with E-state index in [2.05, 4.69) is 12.2 Å². The zero-order chi connectivity index (χ0) is 15.5. The topological polar surface area (TPSA) is 62.6 Å². The fraction of sp³-hybridized carbons (Fsp3) is 0.625. The zero-order valence-electron chi connectivity index (χ0n) is 13.1. The Morgan fingerprint density at radius 3 is 2.62 bits per heavy atom. The molecule has 1 aromatic rings. The first-order chi connectivity index (χ1) is 10.2. The van der Waals surface area contributed by atoms with Gasteiger partial charge in [-0.25, -0.2) is 0 Å². The first-order valence-electron chi connectivity index (χ1n) is 7.77. The predicted molar refractivity (Wildman–Crippen MR) is 82.1 cm³/mol. The Morgan fingerprint density at radius 1 is 1.19 bits per heavy atom. The minimum absolute atomic E-state index is 0.00247. The van der Waals surface area contributed by atoms with Crippen LogP contribution in [0.4, 0.5) is 0 Å². The van der Waals surface area contributed by atoms with Gasteiger partial charge in [-0.1, -0.05) is 26.7 Å². The minimum Gasteiger partial charge on any atom is -0.472 e. The van der Waals surface area contributed by atoms with E-state index in [0.29, 0.717) is 31.6 Å². The lowest BCUT2D eigenvalue weighted by molar-refractivity contribution is -0.121. The number of hydrogen-bond acceptors (Lipinski definition) is 3. The monoisotopic (exact) mass is 294 g/mol. The van der Waals surface area contributed by atoms with Crippen LogP contribution in [-0.2, 0) is 4.79 Å². The third-order valence-electron chi connectivity index (χ3n) is 3.27. The van der Waals surface area contributed by atoms with Crippen LogP contribution in [0.5, 0.6) is 0 Å². The molecule has 0 unspecified atom stereocenters. The predicted octanol–water partition coefficient (Wildman–Crippen LogP) is 2.83. The molecule has 118 valence electrons. The molecule has 0 aliphatic carbocycles. The average molecular weight is 294 g/mol. The van der Waals surface area contributed by atoms with Crippen LogP contribution in [0.25, 0.3) is 0 Å². The summed E-state index contributed by atoms with van der Waals surface area (Å²) in [5.41, 5.74) is 0.542. The van der Waals surface area contributed by atoms with E-state index in [9.17, 15) is 9.59 Å². The fourth-order valence-electron chi connectivity index (χ4n) is 2.03. The van der Waals surface area contributed by atoms with Crippen LogP contribution in [0.1, 0.15) is 56.3 Å². The molecule has 21 heavy (non-hydrogen) atoms. The number of nitrogens with zero attached hydrogens (tertiary/aromatic N) is 1. The van der Waals surface area contributed by atoms with Crippen LogP contribution in [0, 0.1) is 0 Å². The standard InChI is InChI=1S/C16H26N2O3/c1-3-5-6-10-18(11-7-15(19)17-9-4-2)16(20)14-8-12-21-13-14/h8,12-13H,3-7,9-11H2,1-2H3,(H,17,19). The lowest BCUT2D eigenvalue weighted by atomic mass is 10.2. The van der Waals surface area contributed by atoms with E-state index in [0.717, 1.165) is 25.7 Å². The van der Waals surface area contributed by atoms with Crippen molar-refractivity contribution < 1.29 is 14.0 Å². The van der Waals surface area contributed by atoms with Crippen molar-refractivity contribution in [2.24, 2.45) is 0 Å². The molecule has 0 spiro atoms. The summed E-state index contributed by atoms with van der Waals surface area (Å²) in [6.45, 7) is 5.95. The van der Waals surface area contributed by atoms with E-state index in [4.69, 9.17) is 4.42 Å². The fourth-order valence-corrected chi connectivity index (χ4v) is 2.03. The van der Waals surface area contributed by atoms with Crippen molar-refractivity contribution >= 4 is 11.8 Å². The highest BCUT2D eigenvalue weighted by atomic mass is 16.3. The van der Waals surface area contributed by atoms with E-state index >= 15 is 0 Å². The Balaban J connectivity index is 2.51. The highest BCUT2D eigenvalue weighted by Crippen LogP contribution is 2.08. The van der Waals surface area contributed by atoms with Crippen molar-refractivity contribution in [3.63, 3.8) is 0 Å². The Hall–Kier alpha value is -1.78. The van der Waals surface area contributed by atoms with E-state index in [1.54, 1.807) is 11.0 Å². The molecule has 2 amide bonds. The molecule has 0 bridgehead atoms. The Labute approximate surface area is 126 Å². The minimum atomic E-state index is -0.0665. The van der Waals surface area contributed by atoms with Crippen LogP contribution < -0.4 is 5.32 Å². The highest BCUT2D eigenvalue weighted by Gasteiger charge is 2.17. The molecule has 1 rings (SSSR count). The molecule has 0 saturated heterocycles. The quantitative estimate of drug-likeness (QED) is 0.675. The van der Waals surface area contributed by atoms with Crippen LogP contribution in [0.3, 0.4) is 0 Å². The van der Waals surface area contributed by atoms with Gasteiger partial charge in [0.25, 0.3) is 5.91 Å². The molecule has 0 saturated carbocycles. The number of unbranched alkanes of at least 4 members (excludes halogenated alkanes) is 2. The van der Waals surface area contributed by atoms with Gasteiger partial charge in [-0.05, 0) is 18.9 Å². The van der Waals surface area contributed by atoms with Gasteiger partial charge < -0.3 is 14.6 Å². The number of amides is 2. The second-order valence-electron chi connectivity index (χ2n) is 5.11. The van der Waals surface area contributed by atoms with Gasteiger partial charge >= 0.3 is 0 Å². The number of furan rings is 1. The van der Waals surface area contributed by atoms with Crippen LogP contribution >= 0.6 is 0 Å². The van der Waals surface area contributed by atoms with Crippen molar-refractivity contribution in [2.45, 2.75) is 46.0 Å². The van der Waals surface area contributed by atoms with Crippen molar-refractivity contribution in [1.29, 1.82) is 0 Å². The molecular formula is C16H26N2O3. The lowest BCUT2D eigenvalue weighted by Crippen LogP contribution is -2.36. The molecule has 0 fully saturated rings. The summed E-state index contributed by atoms with van der Waals surface area (Å²) in [4.78, 5) is 25.8. The SMILES string of the molecule is CCCCCN(CCC(=O)NCCC)C(=O)c1ccoc1. The Morgan fingerprint density at radius 2 is 2.00 bits per heavy atom. The zero-order valence-corrected chi connectivity index (χ0v) is 13.1. The third-order valence-corrected chi connectivity index (χ3v) is 3.27. The molecule has 0 atom stereocenters. The van der Waals surface area contributed by atoms with Gasteiger partial charge in [-0.15, -0.1) is 0 Å². The molecule has 1 heterocycles. The van der Waals surface area contributed by atoms with Gasteiger partial charge in [0.05, 0.1) is 11.8 Å². The first kappa shape index (κ1) is 17.3. The molecule has 1 N–H and O–H groups in total. The summed E-state index contributed by atoms with van der Waals surface area (Å²) in [7, 11) is 0. The van der Waals surface area contributed by atoms with E-state index in [1.165, 1.54) is 12.5 Å². The van der Waals surface area contributed by atoms with Crippen molar-refractivity contribution in [2.75, 3.05) is 19.6 Å². The van der Waals surface area contributed by atoms with Crippen molar-refractivity contribution in [3.8, 4) is 0 Å². The van der Waals surface area contributed by atoms with Crippen LogP contribution in [0.2, 0.25) is 0 Å². The van der Waals surface area contributed by atoms with Crippen LogP contribution in [-0.4, -0.2) is 36.3 Å². The van der Waals surface area contributed by atoms with Gasteiger partial charge in [0.15, 0.2) is 0 Å². The molecule has 5 heteroatoms. The van der Waals surface area contributed by atoms with Gasteiger partial charge in [-0.3, -0.25) is 9.59 Å². The third kappa shape index (κ3) is 6.47. The summed E-state index contributed by atoms with van der Waals surface area (Å²) >= 11 is 0. The van der Waals surface area contributed by atoms with Crippen molar-refractivity contribution in [1.82, 2.24) is 10.2 Å². The maximum atomic E-state index is 12.4. The number of carbonyl (C=O) groups excluding carboxylic acids is 2. The van der Waals surface area contributed by atoms with E-state index < -0.39 is 0 Å². The summed E-state index contributed by atoms with van der Waals surface area (Å²) in [5.74, 6) is -0.0690. The average Bonchev–Trinajstić information content (AvgIpc) is 3.02. The molecule has 0 radical (unpaired) electrons. The molecular weight excluding hydrogens is 268 g/mol. The molecule has 1 aromatic heterocycles. The largest absolute Gasteiger partial charge is 0.472 e. The smallest absolute Gasteiger partial charge is 0.257 e. The van der Waals surface area contributed by atoms with Crippen LogP contribution in [0.15, 0.2) is 23.0 Å². The first-order valence-corrected chi connectivity index (χ1v) is 7.77. The molecule has 0 aliphatic heterocycles. The van der Waals surface area contributed by atoms with E-state index in [1.807, 2.05) is 6.92 Å². The summed E-state index contributed by atoms with van der Waals surface area (Å²) in [5, 5.41) is 2.83. The normalized spacial score (nSPS) is 10.4. The number of carbonyl (C=O) groups is 2. The Kier molecular flexibility index (Phi) is 8.24. The number of hydrogen-bond donors (Lipinski definition) is 1. The van der Waals surface area contributed by atoms with Gasteiger partial charge in [-0.2, -0.15) is 0 Å². The highest BCUT2D eigenvalue weighted by molar-refractivity contribution is 5.94. The second kappa shape index (κ2) is 10.0. The maximum absolute atomic E-state index is 12.4. The molecule has 5 nitrogen and oxygen atoms in total.